The van der Waals surface area contributed by atoms with E-state index < -0.39 is 11.0 Å². The second-order valence-electron chi connectivity index (χ2n) is 7.69. The first-order chi connectivity index (χ1) is 15.4. The lowest BCUT2D eigenvalue weighted by molar-refractivity contribution is -0.384. The molecule has 1 N–H and O–H groups in total. The van der Waals surface area contributed by atoms with Crippen molar-refractivity contribution in [3.05, 3.63) is 109 Å². The van der Waals surface area contributed by atoms with Crippen molar-refractivity contribution in [1.82, 2.24) is 9.88 Å². The van der Waals surface area contributed by atoms with Crippen LogP contribution in [0.2, 0.25) is 10.0 Å². The van der Waals surface area contributed by atoms with Crippen molar-refractivity contribution in [1.29, 1.82) is 0 Å². The van der Waals surface area contributed by atoms with E-state index in [1.54, 1.807) is 35.2 Å². The second kappa shape index (κ2) is 7.97. The van der Waals surface area contributed by atoms with Crippen molar-refractivity contribution >= 4 is 45.7 Å². The number of halogens is 2. The van der Waals surface area contributed by atoms with Crippen LogP contribution in [0.25, 0.3) is 10.9 Å². The van der Waals surface area contributed by atoms with Crippen molar-refractivity contribution in [3.63, 3.8) is 0 Å². The van der Waals surface area contributed by atoms with Gasteiger partial charge in [0.2, 0.25) is 0 Å². The van der Waals surface area contributed by atoms with E-state index in [1.807, 2.05) is 18.2 Å². The molecule has 5 rings (SSSR count). The van der Waals surface area contributed by atoms with Crippen molar-refractivity contribution in [2.75, 3.05) is 6.54 Å². The van der Waals surface area contributed by atoms with Gasteiger partial charge in [-0.2, -0.15) is 0 Å². The predicted octanol–water partition coefficient (Wildman–Crippen LogP) is 6.17. The molecular formula is C24H17Cl2N3O3. The van der Waals surface area contributed by atoms with E-state index in [0.717, 1.165) is 27.7 Å². The lowest BCUT2D eigenvalue weighted by atomic mass is 9.91. The molecule has 32 heavy (non-hydrogen) atoms. The Balaban J connectivity index is 1.64. The minimum atomic E-state index is -0.433. The Bertz CT molecular complexity index is 1360. The quantitative estimate of drug-likeness (QED) is 0.290. The molecule has 2 heterocycles. The fraction of sp³-hybridized carbons (Fsp3) is 0.125. The number of nitrogens with one attached hydrogen (secondary N) is 1. The number of hydrogen-bond acceptors (Lipinski definition) is 3. The van der Waals surface area contributed by atoms with E-state index in [4.69, 9.17) is 23.2 Å². The third-order valence-electron chi connectivity index (χ3n) is 5.88. The highest BCUT2D eigenvalue weighted by atomic mass is 35.5. The van der Waals surface area contributed by atoms with Gasteiger partial charge in [-0.05, 0) is 53.9 Å². The first kappa shape index (κ1) is 20.5. The van der Waals surface area contributed by atoms with Gasteiger partial charge in [0.1, 0.15) is 0 Å². The number of carbonyl (C=O) groups is 1. The van der Waals surface area contributed by atoms with Gasteiger partial charge in [-0.25, -0.2) is 0 Å². The monoisotopic (exact) mass is 465 g/mol. The highest BCUT2D eigenvalue weighted by Crippen LogP contribution is 2.39. The second-order valence-corrected chi connectivity index (χ2v) is 8.51. The first-order valence-corrected chi connectivity index (χ1v) is 10.8. The van der Waals surface area contributed by atoms with E-state index in [1.165, 1.54) is 12.1 Å². The van der Waals surface area contributed by atoms with Crippen LogP contribution >= 0.6 is 23.2 Å². The van der Waals surface area contributed by atoms with Gasteiger partial charge in [-0.1, -0.05) is 41.4 Å². The Hall–Kier alpha value is -3.35. The molecule has 1 atom stereocenters. The molecule has 1 aromatic heterocycles. The maximum absolute atomic E-state index is 13.5. The summed E-state index contributed by atoms with van der Waals surface area (Å²) in [7, 11) is 0. The summed E-state index contributed by atoms with van der Waals surface area (Å²) < 4.78 is 0. The molecule has 1 aliphatic rings. The topological polar surface area (TPSA) is 79.2 Å². The summed E-state index contributed by atoms with van der Waals surface area (Å²) >= 11 is 12.2. The van der Waals surface area contributed by atoms with E-state index in [9.17, 15) is 14.9 Å². The number of amides is 1. The standard InChI is InChI=1S/C24H17Cl2N3O3/c25-19-10-7-15(13-20(19)26)24(30)28-12-11-18-17-3-1-2-4-21(17)27-22(18)23(28)14-5-8-16(9-6-14)29(31)32/h1-10,13,23,27H,11-12H2. The molecule has 0 aliphatic carbocycles. The van der Waals surface area contributed by atoms with Crippen LogP contribution in [0.5, 0.6) is 0 Å². The number of aromatic amines is 1. The number of hydrogen-bond donors (Lipinski definition) is 1. The van der Waals surface area contributed by atoms with Crippen molar-refractivity contribution in [3.8, 4) is 0 Å². The number of non-ortho nitro benzene ring substituents is 1. The zero-order chi connectivity index (χ0) is 22.4. The van der Waals surface area contributed by atoms with E-state index in [-0.39, 0.29) is 11.6 Å². The summed E-state index contributed by atoms with van der Waals surface area (Å²) in [6, 6.07) is 18.8. The van der Waals surface area contributed by atoms with Crippen LogP contribution in [-0.2, 0) is 6.42 Å². The zero-order valence-corrected chi connectivity index (χ0v) is 18.2. The summed E-state index contributed by atoms with van der Waals surface area (Å²) in [6.45, 7) is 0.496. The molecule has 6 nitrogen and oxygen atoms in total. The molecule has 0 bridgehead atoms. The highest BCUT2D eigenvalue weighted by Gasteiger charge is 2.35. The Morgan fingerprint density at radius 2 is 1.78 bits per heavy atom. The van der Waals surface area contributed by atoms with Crippen LogP contribution in [0, 0.1) is 10.1 Å². The van der Waals surface area contributed by atoms with Crippen LogP contribution in [-0.4, -0.2) is 27.3 Å². The maximum atomic E-state index is 13.5. The van der Waals surface area contributed by atoms with Gasteiger partial charge in [-0.15, -0.1) is 0 Å². The third kappa shape index (κ3) is 3.42. The number of fused-ring (bicyclic) bond motifs is 3. The number of carbonyl (C=O) groups excluding carboxylic acids is 1. The molecule has 0 saturated heterocycles. The molecule has 0 saturated carbocycles. The van der Waals surface area contributed by atoms with Crippen LogP contribution in [0.3, 0.4) is 0 Å². The minimum absolute atomic E-state index is 0.00351. The van der Waals surface area contributed by atoms with E-state index >= 15 is 0 Å². The van der Waals surface area contributed by atoms with Crippen molar-refractivity contribution in [2.45, 2.75) is 12.5 Å². The number of nitro benzene ring substituents is 1. The first-order valence-electron chi connectivity index (χ1n) is 10.0. The maximum Gasteiger partial charge on any atom is 0.269 e. The zero-order valence-electron chi connectivity index (χ0n) is 16.7. The van der Waals surface area contributed by atoms with E-state index in [0.29, 0.717) is 28.6 Å². The molecule has 4 aromatic rings. The van der Waals surface area contributed by atoms with E-state index in [2.05, 4.69) is 11.1 Å². The molecule has 0 radical (unpaired) electrons. The smallest absolute Gasteiger partial charge is 0.269 e. The predicted molar refractivity (Wildman–Crippen MR) is 124 cm³/mol. The molecular weight excluding hydrogens is 449 g/mol. The van der Waals surface area contributed by atoms with Gasteiger partial charge in [0.15, 0.2) is 0 Å². The summed E-state index contributed by atoms with van der Waals surface area (Å²) in [5.74, 6) is -0.184. The average Bonchev–Trinajstić information content (AvgIpc) is 3.18. The van der Waals surface area contributed by atoms with Gasteiger partial charge in [0.05, 0.1) is 21.0 Å². The number of H-pyrrole nitrogens is 1. The Kier molecular flexibility index (Phi) is 5.12. The summed E-state index contributed by atoms with van der Waals surface area (Å²) in [5, 5.41) is 12.9. The molecule has 0 fully saturated rings. The fourth-order valence-corrected chi connectivity index (χ4v) is 4.68. The number of para-hydroxylation sites is 1. The fourth-order valence-electron chi connectivity index (χ4n) is 4.38. The molecule has 8 heteroatoms. The molecule has 160 valence electrons. The molecule has 1 aliphatic heterocycles. The number of rotatable bonds is 3. The summed E-state index contributed by atoms with van der Waals surface area (Å²) in [4.78, 5) is 29.5. The van der Waals surface area contributed by atoms with Gasteiger partial charge in [-0.3, -0.25) is 14.9 Å². The molecule has 1 amide bonds. The van der Waals surface area contributed by atoms with Crippen molar-refractivity contribution in [2.24, 2.45) is 0 Å². The SMILES string of the molecule is O=C(c1ccc(Cl)c(Cl)c1)N1CCc2c([nH]c3ccccc23)C1c1ccc([N+](=O)[O-])cc1. The number of nitrogens with zero attached hydrogens (tertiary/aromatic N) is 2. The van der Waals surface area contributed by atoms with Crippen LogP contribution in [0.1, 0.15) is 33.2 Å². The van der Waals surface area contributed by atoms with Crippen LogP contribution < -0.4 is 0 Å². The summed E-state index contributed by atoms with van der Waals surface area (Å²) in [5.41, 5.74) is 4.29. The minimum Gasteiger partial charge on any atom is -0.356 e. The highest BCUT2D eigenvalue weighted by molar-refractivity contribution is 6.42. The molecule has 0 spiro atoms. The van der Waals surface area contributed by atoms with Crippen LogP contribution in [0.4, 0.5) is 5.69 Å². The molecule has 3 aromatic carbocycles. The normalized spacial score (nSPS) is 15.6. The van der Waals surface area contributed by atoms with Crippen LogP contribution in [0.15, 0.2) is 66.7 Å². The summed E-state index contributed by atoms with van der Waals surface area (Å²) in [6.07, 6.45) is 0.690. The lowest BCUT2D eigenvalue weighted by Gasteiger charge is -2.36. The van der Waals surface area contributed by atoms with Gasteiger partial charge < -0.3 is 9.88 Å². The lowest BCUT2D eigenvalue weighted by Crippen LogP contribution is -2.40. The average molecular weight is 466 g/mol. The number of nitro groups is 1. The number of benzene rings is 3. The van der Waals surface area contributed by atoms with Gasteiger partial charge in [0.25, 0.3) is 11.6 Å². The third-order valence-corrected chi connectivity index (χ3v) is 6.62. The van der Waals surface area contributed by atoms with Crippen molar-refractivity contribution < 1.29 is 9.72 Å². The largest absolute Gasteiger partial charge is 0.356 e. The Morgan fingerprint density at radius 3 is 2.50 bits per heavy atom. The Labute approximate surface area is 193 Å². The molecule has 1 unspecified atom stereocenters. The number of aromatic nitrogens is 1. The van der Waals surface area contributed by atoms with Gasteiger partial charge in [0, 0.05) is 40.8 Å². The Morgan fingerprint density at radius 1 is 1.03 bits per heavy atom. The van der Waals surface area contributed by atoms with Gasteiger partial charge >= 0.3 is 0 Å².